The van der Waals surface area contributed by atoms with Gasteiger partial charge in [0.1, 0.15) is 0 Å². The van der Waals surface area contributed by atoms with Crippen LogP contribution in [0.1, 0.15) is 52.7 Å². The zero-order valence-electron chi connectivity index (χ0n) is 35.4. The first kappa shape index (κ1) is 37.4. The van der Waals surface area contributed by atoms with Crippen LogP contribution >= 0.6 is 0 Å². The van der Waals surface area contributed by atoms with Gasteiger partial charge in [0.15, 0.2) is 0 Å². The first-order chi connectivity index (χ1) is 29.0. The van der Waals surface area contributed by atoms with E-state index in [9.17, 15) is 0 Å². The second-order valence-electron chi connectivity index (χ2n) is 18.2. The molecule has 0 saturated carbocycles. The number of anilines is 6. The molecule has 0 atom stereocenters. The molecule has 10 aromatic carbocycles. The normalized spacial score (nSPS) is 12.2. The van der Waals surface area contributed by atoms with Crippen molar-refractivity contribution in [2.75, 3.05) is 9.80 Å². The third-order valence-electron chi connectivity index (χ3n) is 12.3. The smallest absolute Gasteiger partial charge is 0.0468 e. The number of fused-ring (bicyclic) bond motifs is 11. The number of hydrogen-bond acceptors (Lipinski definition) is 2. The number of nitrogens with zero attached hydrogens (tertiary/aromatic N) is 2. The third-order valence-corrected chi connectivity index (χ3v) is 12.3. The largest absolute Gasteiger partial charge is 0.310 e. The Kier molecular flexibility index (Phi) is 8.99. The van der Waals surface area contributed by atoms with Crippen LogP contribution in [0.25, 0.3) is 53.9 Å². The Morgan fingerprint density at radius 2 is 0.567 bits per heavy atom. The first-order valence-electron chi connectivity index (χ1n) is 21.2. The quantitative estimate of drug-likeness (QED) is 0.155. The van der Waals surface area contributed by atoms with Crippen molar-refractivity contribution < 1.29 is 0 Å². The zero-order chi connectivity index (χ0) is 41.2. The molecule has 0 saturated heterocycles. The molecule has 0 aliphatic carbocycles. The average molecular weight is 775 g/mol. The minimum Gasteiger partial charge on any atom is -0.310 e. The van der Waals surface area contributed by atoms with Gasteiger partial charge in [-0.3, -0.25) is 0 Å². The summed E-state index contributed by atoms with van der Waals surface area (Å²) in [6, 6.07) is 71.8. The monoisotopic (exact) mass is 774 g/mol. The molecule has 10 rings (SSSR count). The van der Waals surface area contributed by atoms with Gasteiger partial charge in [0, 0.05) is 34.1 Å². The Hall–Kier alpha value is -6.90. The summed E-state index contributed by atoms with van der Waals surface area (Å²) < 4.78 is 0. The molecule has 0 fully saturated rings. The molecule has 10 aromatic rings. The molecular formula is C58H50N2. The molecule has 0 heterocycles. The van der Waals surface area contributed by atoms with Crippen LogP contribution in [-0.4, -0.2) is 0 Å². The van der Waals surface area contributed by atoms with Crippen LogP contribution in [0.5, 0.6) is 0 Å². The van der Waals surface area contributed by atoms with Crippen molar-refractivity contribution in [3.63, 3.8) is 0 Å². The minimum atomic E-state index is 0.0133. The lowest BCUT2D eigenvalue weighted by Crippen LogP contribution is -2.16. The SMILES string of the molecule is CC(C)(C)c1cccc(N(c2cccc(C(C)(C)C)c2)c2ccc3c(c2)c2ccccc2c2c4ccc(N(c5ccccc5)c5ccccc5)cc4c4ccccc4c32)c1. The van der Waals surface area contributed by atoms with Gasteiger partial charge in [0.25, 0.3) is 0 Å². The Bertz CT molecular complexity index is 3130. The molecule has 292 valence electrons. The average Bonchev–Trinajstić information content (AvgIpc) is 3.27. The van der Waals surface area contributed by atoms with Crippen LogP contribution in [-0.2, 0) is 10.8 Å². The van der Waals surface area contributed by atoms with Crippen LogP contribution in [0.2, 0.25) is 0 Å². The van der Waals surface area contributed by atoms with E-state index in [2.05, 4.69) is 245 Å². The van der Waals surface area contributed by atoms with E-state index in [0.717, 1.165) is 34.1 Å². The van der Waals surface area contributed by atoms with E-state index in [4.69, 9.17) is 0 Å². The van der Waals surface area contributed by atoms with Crippen molar-refractivity contribution in [2.45, 2.75) is 52.4 Å². The summed E-state index contributed by atoms with van der Waals surface area (Å²) in [5, 5.41) is 12.6. The molecule has 0 amide bonds. The molecule has 0 bridgehead atoms. The first-order valence-corrected chi connectivity index (χ1v) is 21.2. The van der Waals surface area contributed by atoms with Gasteiger partial charge in [-0.2, -0.15) is 0 Å². The number of rotatable bonds is 6. The summed E-state index contributed by atoms with van der Waals surface area (Å²) in [7, 11) is 0. The Balaban J connectivity index is 1.25. The summed E-state index contributed by atoms with van der Waals surface area (Å²) in [6.45, 7) is 13.8. The summed E-state index contributed by atoms with van der Waals surface area (Å²) in [5.74, 6) is 0. The fraction of sp³-hybridized carbons (Fsp3) is 0.138. The topological polar surface area (TPSA) is 6.48 Å². The summed E-state index contributed by atoms with van der Waals surface area (Å²) in [5.41, 5.74) is 9.49. The van der Waals surface area contributed by atoms with Crippen LogP contribution < -0.4 is 9.80 Å². The van der Waals surface area contributed by atoms with Crippen LogP contribution in [0.15, 0.2) is 194 Å². The van der Waals surface area contributed by atoms with Crippen molar-refractivity contribution >= 4 is 88.0 Å². The maximum Gasteiger partial charge on any atom is 0.0468 e. The molecule has 0 aliphatic rings. The van der Waals surface area contributed by atoms with Gasteiger partial charge in [-0.15, -0.1) is 0 Å². The third kappa shape index (κ3) is 6.44. The standard InChI is InChI=1S/C58H50N2/c1-57(2,3)39-19-17-25-43(35-39)60(44-26-18-20-40(36-44)58(4,5)6)46-32-34-52-54(38-46)48-28-14-16-30-50(48)55-51-33-31-45(37-53(51)47-27-13-15-29-49(47)56(52)55)59(41-21-9-7-10-22-41)42-23-11-8-12-24-42/h7-38H,1-6H3. The van der Waals surface area contributed by atoms with E-state index in [1.54, 1.807) is 0 Å². The van der Waals surface area contributed by atoms with Crippen LogP contribution in [0.4, 0.5) is 34.1 Å². The van der Waals surface area contributed by atoms with E-state index in [1.807, 2.05) is 0 Å². The van der Waals surface area contributed by atoms with Crippen molar-refractivity contribution in [2.24, 2.45) is 0 Å². The van der Waals surface area contributed by atoms with Gasteiger partial charge in [0.2, 0.25) is 0 Å². The summed E-state index contributed by atoms with van der Waals surface area (Å²) >= 11 is 0. The molecule has 0 radical (unpaired) electrons. The van der Waals surface area contributed by atoms with Gasteiger partial charge in [-0.25, -0.2) is 0 Å². The second-order valence-corrected chi connectivity index (χ2v) is 18.2. The highest BCUT2D eigenvalue weighted by Gasteiger charge is 2.23. The fourth-order valence-electron chi connectivity index (χ4n) is 9.20. The Morgan fingerprint density at radius 1 is 0.250 bits per heavy atom. The van der Waals surface area contributed by atoms with Gasteiger partial charge in [-0.05, 0) is 149 Å². The maximum absolute atomic E-state index is 2.45. The van der Waals surface area contributed by atoms with Crippen molar-refractivity contribution in [3.05, 3.63) is 205 Å². The van der Waals surface area contributed by atoms with Gasteiger partial charge in [0.05, 0.1) is 0 Å². The molecular weight excluding hydrogens is 725 g/mol. The molecule has 2 nitrogen and oxygen atoms in total. The van der Waals surface area contributed by atoms with Crippen LogP contribution in [0.3, 0.4) is 0 Å². The maximum atomic E-state index is 2.45. The highest BCUT2D eigenvalue weighted by atomic mass is 15.1. The van der Waals surface area contributed by atoms with E-state index in [1.165, 1.54) is 65.0 Å². The highest BCUT2D eigenvalue weighted by molar-refractivity contribution is 6.39. The van der Waals surface area contributed by atoms with Gasteiger partial charge in [-0.1, -0.05) is 163 Å². The van der Waals surface area contributed by atoms with E-state index in [-0.39, 0.29) is 10.8 Å². The molecule has 0 unspecified atom stereocenters. The molecule has 0 aliphatic heterocycles. The van der Waals surface area contributed by atoms with Crippen molar-refractivity contribution in [3.8, 4) is 0 Å². The molecule has 2 heteroatoms. The minimum absolute atomic E-state index is 0.0133. The number of benzene rings is 10. The van der Waals surface area contributed by atoms with E-state index >= 15 is 0 Å². The molecule has 0 N–H and O–H groups in total. The lowest BCUT2D eigenvalue weighted by atomic mass is 9.86. The lowest BCUT2D eigenvalue weighted by Gasteiger charge is -2.30. The number of para-hydroxylation sites is 2. The Morgan fingerprint density at radius 3 is 0.967 bits per heavy atom. The van der Waals surface area contributed by atoms with E-state index < -0.39 is 0 Å². The van der Waals surface area contributed by atoms with E-state index in [0.29, 0.717) is 0 Å². The van der Waals surface area contributed by atoms with Gasteiger partial charge < -0.3 is 9.80 Å². The number of hydrogen-bond donors (Lipinski definition) is 0. The second kappa shape index (κ2) is 14.4. The predicted molar refractivity (Wildman–Crippen MR) is 261 cm³/mol. The van der Waals surface area contributed by atoms with Crippen molar-refractivity contribution in [1.29, 1.82) is 0 Å². The van der Waals surface area contributed by atoms with Gasteiger partial charge >= 0.3 is 0 Å². The summed E-state index contributed by atoms with van der Waals surface area (Å²) in [6.07, 6.45) is 0. The predicted octanol–water partition coefficient (Wildman–Crippen LogP) is 17.0. The van der Waals surface area contributed by atoms with Crippen LogP contribution in [0, 0.1) is 0 Å². The lowest BCUT2D eigenvalue weighted by molar-refractivity contribution is 0.590. The Labute approximate surface area is 354 Å². The highest BCUT2D eigenvalue weighted by Crippen LogP contribution is 2.48. The van der Waals surface area contributed by atoms with Crippen molar-refractivity contribution in [1.82, 2.24) is 0 Å². The fourth-order valence-corrected chi connectivity index (χ4v) is 9.20. The molecule has 60 heavy (non-hydrogen) atoms. The molecule has 0 aromatic heterocycles. The molecule has 0 spiro atoms. The zero-order valence-corrected chi connectivity index (χ0v) is 35.4. The summed E-state index contributed by atoms with van der Waals surface area (Å²) in [4.78, 5) is 4.81.